The van der Waals surface area contributed by atoms with E-state index in [-0.39, 0.29) is 22.8 Å². The lowest BCUT2D eigenvalue weighted by molar-refractivity contribution is -0.143. The maximum atomic E-state index is 14.2. The summed E-state index contributed by atoms with van der Waals surface area (Å²) < 4.78 is 16.1. The summed E-state index contributed by atoms with van der Waals surface area (Å²) in [4.78, 5) is 2.73. The highest BCUT2D eigenvalue weighted by Crippen LogP contribution is 2.74. The average molecular weight is 329 g/mol. The highest BCUT2D eigenvalue weighted by Gasteiger charge is 2.93. The minimum atomic E-state index is -2.49. The molecule has 1 aromatic carbocycles. The minimum Gasteiger partial charge on any atom is -0.377 e. The summed E-state index contributed by atoms with van der Waals surface area (Å²) in [7, 11) is 0. The van der Waals surface area contributed by atoms with Gasteiger partial charge in [-0.2, -0.15) is 0 Å². The van der Waals surface area contributed by atoms with Gasteiger partial charge in [0.25, 0.3) is 0 Å². The Balaban J connectivity index is 2.02. The van der Waals surface area contributed by atoms with Crippen LogP contribution >= 0.6 is 23.8 Å². The maximum Gasteiger partial charge on any atom is 0.214 e. The summed E-state index contributed by atoms with van der Waals surface area (Å²) in [6, 6.07) is 3.79. The molecule has 2 unspecified atom stereocenters. The molecule has 0 spiro atoms. The molecule has 1 fully saturated rings. The topological polar surface area (TPSA) is 81.4 Å². The number of nitrogens with one attached hydrogen (secondary N) is 1. The van der Waals surface area contributed by atoms with E-state index < -0.39 is 22.6 Å². The molecule has 4 rings (SSSR count). The number of aromatic amines is 1. The van der Waals surface area contributed by atoms with E-state index in [2.05, 4.69) is 4.98 Å². The van der Waals surface area contributed by atoms with E-state index in [1.165, 1.54) is 22.9 Å². The van der Waals surface area contributed by atoms with Crippen molar-refractivity contribution in [1.29, 1.82) is 0 Å². The zero-order chi connectivity index (χ0) is 15.2. The van der Waals surface area contributed by atoms with Crippen molar-refractivity contribution < 1.29 is 19.7 Å². The molecule has 8 heteroatoms. The Morgan fingerprint density at radius 2 is 2.05 bits per heavy atom. The van der Waals surface area contributed by atoms with Crippen LogP contribution in [0.15, 0.2) is 24.4 Å². The number of rotatable bonds is 1. The molecule has 0 amide bonds. The monoisotopic (exact) mass is 328 g/mol. The van der Waals surface area contributed by atoms with Crippen molar-refractivity contribution in [3.05, 3.63) is 51.3 Å². The first kappa shape index (κ1) is 13.4. The van der Waals surface area contributed by atoms with Gasteiger partial charge in [0.2, 0.25) is 5.79 Å². The predicted molar refractivity (Wildman–Crippen MR) is 73.8 cm³/mol. The number of aliphatic hydroxyl groups is 3. The number of halogens is 2. The zero-order valence-electron chi connectivity index (χ0n) is 10.5. The van der Waals surface area contributed by atoms with E-state index in [1.807, 2.05) is 0 Å². The Kier molecular flexibility index (Phi) is 2.27. The van der Waals surface area contributed by atoms with Crippen LogP contribution in [-0.2, 0) is 17.6 Å². The second-order valence-corrected chi connectivity index (χ2v) is 6.30. The van der Waals surface area contributed by atoms with Crippen molar-refractivity contribution in [2.24, 2.45) is 0 Å². The second-order valence-electron chi connectivity index (χ2n) is 5.48. The fourth-order valence-corrected chi connectivity index (χ4v) is 3.97. The van der Waals surface area contributed by atoms with Crippen LogP contribution in [0.4, 0.5) is 4.39 Å². The quantitative estimate of drug-likeness (QED) is 0.468. The molecule has 0 bridgehead atoms. The van der Waals surface area contributed by atoms with Crippen molar-refractivity contribution in [2.75, 3.05) is 0 Å². The van der Waals surface area contributed by atoms with Crippen LogP contribution < -0.4 is 0 Å². The molecule has 1 saturated carbocycles. The number of nitrogens with zero attached hydrogens (tertiary/aromatic N) is 1. The molecule has 21 heavy (non-hydrogen) atoms. The fourth-order valence-electron chi connectivity index (χ4n) is 3.58. The van der Waals surface area contributed by atoms with Crippen LogP contribution in [0.1, 0.15) is 11.3 Å². The molecule has 0 saturated heterocycles. The largest absolute Gasteiger partial charge is 0.377 e. The van der Waals surface area contributed by atoms with Gasteiger partial charge >= 0.3 is 0 Å². The van der Waals surface area contributed by atoms with Gasteiger partial charge in [0.05, 0.1) is 5.69 Å². The van der Waals surface area contributed by atoms with Crippen LogP contribution in [0.2, 0.25) is 5.02 Å². The Hall–Kier alpha value is -1.25. The third-order valence-corrected chi connectivity index (χ3v) is 5.25. The van der Waals surface area contributed by atoms with E-state index in [0.717, 1.165) is 6.07 Å². The average Bonchev–Trinajstić information content (AvgIpc) is 2.77. The van der Waals surface area contributed by atoms with Crippen molar-refractivity contribution in [2.45, 2.75) is 23.3 Å². The lowest BCUT2D eigenvalue weighted by Gasteiger charge is -2.18. The molecule has 1 aliphatic carbocycles. The lowest BCUT2D eigenvalue weighted by Crippen LogP contribution is -2.30. The molecule has 5 nitrogen and oxygen atoms in total. The number of hydrogen-bond donors (Lipinski definition) is 4. The number of hydrogen-bond acceptors (Lipinski definition) is 4. The van der Waals surface area contributed by atoms with E-state index in [9.17, 15) is 19.7 Å². The molecule has 2 atom stereocenters. The van der Waals surface area contributed by atoms with Gasteiger partial charge in [-0.05, 0) is 30.4 Å². The predicted octanol–water partition coefficient (Wildman–Crippen LogP) is 1.17. The number of H-pyrrole nitrogens is 1. The van der Waals surface area contributed by atoms with E-state index >= 15 is 0 Å². The summed E-state index contributed by atoms with van der Waals surface area (Å²) in [5.74, 6) is -3.15. The van der Waals surface area contributed by atoms with Gasteiger partial charge in [0.15, 0.2) is 10.4 Å². The van der Waals surface area contributed by atoms with Gasteiger partial charge in [-0.25, -0.2) is 4.39 Å². The SMILES string of the molecule is OC1(O)C2(O)c3c[nH]c(=S)n3CC12c1cc(Cl)ccc1F. The Labute approximate surface area is 128 Å². The first-order chi connectivity index (χ1) is 9.77. The highest BCUT2D eigenvalue weighted by molar-refractivity contribution is 7.71. The smallest absolute Gasteiger partial charge is 0.214 e. The molecule has 0 radical (unpaired) electrons. The Bertz CT molecular complexity index is 848. The van der Waals surface area contributed by atoms with Crippen LogP contribution in [0, 0.1) is 10.6 Å². The number of fused-ring (bicyclic) bond motifs is 3. The van der Waals surface area contributed by atoms with Gasteiger partial charge in [0.1, 0.15) is 11.2 Å². The standard InChI is InChI=1S/C13H10ClFN2O3S/c14-6-1-2-8(15)7(3-6)11-5-17-9(4-16-10(17)21)12(11,18)13(11,19)20/h1-4,18-20H,5H2,(H,16,21). The number of benzene rings is 1. The molecule has 1 aromatic heterocycles. The van der Waals surface area contributed by atoms with Crippen molar-refractivity contribution in [1.82, 2.24) is 9.55 Å². The van der Waals surface area contributed by atoms with Gasteiger partial charge in [-0.1, -0.05) is 11.6 Å². The second kappa shape index (κ2) is 3.56. The molecule has 2 aromatic rings. The van der Waals surface area contributed by atoms with E-state index in [4.69, 9.17) is 23.8 Å². The summed E-state index contributed by atoms with van der Waals surface area (Å²) in [5.41, 5.74) is -3.47. The van der Waals surface area contributed by atoms with Crippen LogP contribution in [0.25, 0.3) is 0 Å². The Morgan fingerprint density at radius 1 is 1.33 bits per heavy atom. The van der Waals surface area contributed by atoms with Crippen molar-refractivity contribution >= 4 is 23.8 Å². The van der Waals surface area contributed by atoms with Crippen LogP contribution in [-0.4, -0.2) is 30.7 Å². The van der Waals surface area contributed by atoms with E-state index in [0.29, 0.717) is 4.77 Å². The van der Waals surface area contributed by atoms with Gasteiger partial charge < -0.3 is 24.9 Å². The summed E-state index contributed by atoms with van der Waals surface area (Å²) in [6.07, 6.45) is 1.40. The maximum absolute atomic E-state index is 14.2. The van der Waals surface area contributed by atoms with Crippen LogP contribution in [0.5, 0.6) is 0 Å². The van der Waals surface area contributed by atoms with E-state index in [1.54, 1.807) is 0 Å². The molecule has 2 heterocycles. The summed E-state index contributed by atoms with van der Waals surface area (Å²) in [6.45, 7) is -0.0502. The third kappa shape index (κ3) is 1.18. The fraction of sp³-hybridized carbons (Fsp3) is 0.308. The van der Waals surface area contributed by atoms with Crippen LogP contribution in [0.3, 0.4) is 0 Å². The first-order valence-corrected chi connectivity index (χ1v) is 6.97. The van der Waals surface area contributed by atoms with Crippen molar-refractivity contribution in [3.63, 3.8) is 0 Å². The molecule has 2 aliphatic rings. The van der Waals surface area contributed by atoms with Crippen molar-refractivity contribution in [3.8, 4) is 0 Å². The number of aromatic nitrogens is 2. The first-order valence-electron chi connectivity index (χ1n) is 6.19. The zero-order valence-corrected chi connectivity index (χ0v) is 12.0. The normalized spacial score (nSPS) is 31.9. The summed E-state index contributed by atoms with van der Waals surface area (Å²) in [5, 5.41) is 31.6. The third-order valence-electron chi connectivity index (χ3n) is 4.68. The minimum absolute atomic E-state index is 0.0411. The van der Waals surface area contributed by atoms with Gasteiger partial charge in [-0.15, -0.1) is 0 Å². The highest BCUT2D eigenvalue weighted by atomic mass is 35.5. The molecular formula is C13H10ClFN2O3S. The molecule has 110 valence electrons. The number of imidazole rings is 1. The van der Waals surface area contributed by atoms with Gasteiger partial charge in [0, 0.05) is 23.3 Å². The molecule has 4 N–H and O–H groups in total. The van der Waals surface area contributed by atoms with Gasteiger partial charge in [-0.3, -0.25) is 0 Å². The lowest BCUT2D eigenvalue weighted by atomic mass is 9.91. The summed E-state index contributed by atoms with van der Waals surface area (Å²) >= 11 is 11.0. The molecule has 1 aliphatic heterocycles. The molecular weight excluding hydrogens is 319 g/mol. The Morgan fingerprint density at radius 3 is 2.76 bits per heavy atom.